The number of benzene rings is 1. The van der Waals surface area contributed by atoms with Gasteiger partial charge < -0.3 is 10.1 Å². The Hall–Kier alpha value is -0.860. The minimum atomic E-state index is -0.151. The number of nitrogens with one attached hydrogen (secondary N) is 1. The number of ether oxygens (including phenoxy) is 1. The molecule has 1 heterocycles. The Morgan fingerprint density at radius 1 is 1.25 bits per heavy atom. The molecule has 0 aromatic heterocycles. The van der Waals surface area contributed by atoms with Crippen LogP contribution in [0.25, 0.3) is 0 Å². The molecule has 2 unspecified atom stereocenters. The highest BCUT2D eigenvalue weighted by Crippen LogP contribution is 2.35. The molecule has 1 fully saturated rings. The van der Waals surface area contributed by atoms with Crippen LogP contribution < -0.4 is 5.32 Å². The van der Waals surface area contributed by atoms with Gasteiger partial charge in [0.1, 0.15) is 0 Å². The van der Waals surface area contributed by atoms with Crippen LogP contribution in [0.2, 0.25) is 0 Å². The van der Waals surface area contributed by atoms with Gasteiger partial charge in [0.25, 0.3) is 0 Å². The Balaban J connectivity index is 2.17. The largest absolute Gasteiger partial charge is 0.370 e. The van der Waals surface area contributed by atoms with Gasteiger partial charge in [-0.05, 0) is 42.9 Å². The summed E-state index contributed by atoms with van der Waals surface area (Å²) in [6.07, 6.45) is 2.17. The molecule has 0 radical (unpaired) electrons. The highest BCUT2D eigenvalue weighted by atomic mass is 16.5. The average Bonchev–Trinajstić information content (AvgIpc) is 2.38. The standard InChI is InChI=1S/C18H29NO/c1-6-19-16-11-12-20-18(5,13-16)15-9-7-14(8-10-15)17(2,3)4/h7-10,16,19H,6,11-13H2,1-5H3. The van der Waals surface area contributed by atoms with Gasteiger partial charge >= 0.3 is 0 Å². The van der Waals surface area contributed by atoms with Crippen molar-refractivity contribution in [2.24, 2.45) is 0 Å². The lowest BCUT2D eigenvalue weighted by atomic mass is 9.82. The van der Waals surface area contributed by atoms with Crippen LogP contribution in [0, 0.1) is 0 Å². The maximum Gasteiger partial charge on any atom is 0.0918 e. The van der Waals surface area contributed by atoms with E-state index >= 15 is 0 Å². The zero-order valence-electron chi connectivity index (χ0n) is 13.6. The van der Waals surface area contributed by atoms with Crippen LogP contribution in [-0.2, 0) is 15.8 Å². The molecule has 2 atom stereocenters. The second kappa shape index (κ2) is 5.87. The quantitative estimate of drug-likeness (QED) is 0.900. The predicted octanol–water partition coefficient (Wildman–Crippen LogP) is 3.99. The normalized spacial score (nSPS) is 27.6. The molecule has 0 spiro atoms. The number of hydrogen-bond acceptors (Lipinski definition) is 2. The highest BCUT2D eigenvalue weighted by molar-refractivity contribution is 5.31. The molecule has 1 aromatic rings. The molecule has 0 amide bonds. The first-order valence-electron chi connectivity index (χ1n) is 7.83. The van der Waals surface area contributed by atoms with Crippen molar-refractivity contribution in [2.75, 3.05) is 13.2 Å². The minimum Gasteiger partial charge on any atom is -0.370 e. The second-order valence-electron chi connectivity index (χ2n) is 7.15. The molecule has 1 aliphatic rings. The van der Waals surface area contributed by atoms with E-state index in [1.54, 1.807) is 0 Å². The number of rotatable bonds is 3. The van der Waals surface area contributed by atoms with Crippen molar-refractivity contribution in [1.29, 1.82) is 0 Å². The first-order valence-corrected chi connectivity index (χ1v) is 7.83. The molecule has 1 N–H and O–H groups in total. The van der Waals surface area contributed by atoms with Crippen molar-refractivity contribution in [3.05, 3.63) is 35.4 Å². The van der Waals surface area contributed by atoms with Gasteiger partial charge in [-0.1, -0.05) is 52.0 Å². The highest BCUT2D eigenvalue weighted by Gasteiger charge is 2.34. The van der Waals surface area contributed by atoms with Gasteiger partial charge in [0, 0.05) is 12.6 Å². The average molecular weight is 275 g/mol. The molecule has 0 saturated carbocycles. The summed E-state index contributed by atoms with van der Waals surface area (Å²) in [6.45, 7) is 13.0. The fourth-order valence-corrected chi connectivity index (χ4v) is 3.04. The lowest BCUT2D eigenvalue weighted by Crippen LogP contribution is -2.43. The van der Waals surface area contributed by atoms with Crippen LogP contribution in [0.15, 0.2) is 24.3 Å². The van der Waals surface area contributed by atoms with Crippen molar-refractivity contribution < 1.29 is 4.74 Å². The summed E-state index contributed by atoms with van der Waals surface area (Å²) < 4.78 is 6.11. The zero-order valence-corrected chi connectivity index (χ0v) is 13.6. The van der Waals surface area contributed by atoms with Crippen LogP contribution in [0.1, 0.15) is 58.6 Å². The Morgan fingerprint density at radius 2 is 1.90 bits per heavy atom. The Labute approximate surface area is 123 Å². The van der Waals surface area contributed by atoms with E-state index in [0.717, 1.165) is 26.0 Å². The first-order chi connectivity index (χ1) is 9.35. The maximum absolute atomic E-state index is 6.11. The van der Waals surface area contributed by atoms with Crippen molar-refractivity contribution in [3.8, 4) is 0 Å². The third-order valence-corrected chi connectivity index (χ3v) is 4.38. The Kier molecular flexibility index (Phi) is 4.55. The fourth-order valence-electron chi connectivity index (χ4n) is 3.04. The third-order valence-electron chi connectivity index (χ3n) is 4.38. The van der Waals surface area contributed by atoms with Gasteiger partial charge in [-0.2, -0.15) is 0 Å². The molecule has 1 aliphatic heterocycles. The van der Waals surface area contributed by atoms with Gasteiger partial charge in [0.05, 0.1) is 5.60 Å². The van der Waals surface area contributed by atoms with Crippen molar-refractivity contribution >= 4 is 0 Å². The summed E-state index contributed by atoms with van der Waals surface area (Å²) >= 11 is 0. The zero-order chi connectivity index (χ0) is 14.8. The lowest BCUT2D eigenvalue weighted by molar-refractivity contribution is -0.0810. The molecule has 2 heteroatoms. The van der Waals surface area contributed by atoms with Crippen LogP contribution in [0.3, 0.4) is 0 Å². The van der Waals surface area contributed by atoms with E-state index in [1.807, 2.05) is 0 Å². The van der Waals surface area contributed by atoms with Gasteiger partial charge in [-0.25, -0.2) is 0 Å². The van der Waals surface area contributed by atoms with E-state index in [0.29, 0.717) is 6.04 Å². The second-order valence-corrected chi connectivity index (χ2v) is 7.15. The molecule has 20 heavy (non-hydrogen) atoms. The predicted molar refractivity (Wildman–Crippen MR) is 85.1 cm³/mol. The summed E-state index contributed by atoms with van der Waals surface area (Å²) in [5.74, 6) is 0. The first kappa shape index (κ1) is 15.5. The monoisotopic (exact) mass is 275 g/mol. The van der Waals surface area contributed by atoms with E-state index in [1.165, 1.54) is 11.1 Å². The lowest BCUT2D eigenvalue weighted by Gasteiger charge is -2.39. The van der Waals surface area contributed by atoms with Crippen LogP contribution in [-0.4, -0.2) is 19.2 Å². The van der Waals surface area contributed by atoms with Crippen LogP contribution in [0.5, 0.6) is 0 Å². The van der Waals surface area contributed by atoms with Crippen molar-refractivity contribution in [2.45, 2.75) is 64.5 Å². The van der Waals surface area contributed by atoms with Crippen LogP contribution >= 0.6 is 0 Å². The summed E-state index contributed by atoms with van der Waals surface area (Å²) in [6, 6.07) is 9.56. The van der Waals surface area contributed by atoms with E-state index < -0.39 is 0 Å². The van der Waals surface area contributed by atoms with Crippen LogP contribution in [0.4, 0.5) is 0 Å². The molecule has 0 aliphatic carbocycles. The maximum atomic E-state index is 6.11. The molecular weight excluding hydrogens is 246 g/mol. The summed E-state index contributed by atoms with van der Waals surface area (Å²) in [7, 11) is 0. The SMILES string of the molecule is CCNC1CCOC(C)(c2ccc(C(C)(C)C)cc2)C1. The van der Waals surface area contributed by atoms with E-state index in [9.17, 15) is 0 Å². The summed E-state index contributed by atoms with van der Waals surface area (Å²) in [4.78, 5) is 0. The Morgan fingerprint density at radius 3 is 2.45 bits per heavy atom. The van der Waals surface area contributed by atoms with E-state index in [-0.39, 0.29) is 11.0 Å². The van der Waals surface area contributed by atoms with Crippen molar-refractivity contribution in [3.63, 3.8) is 0 Å². The molecule has 2 nitrogen and oxygen atoms in total. The number of hydrogen-bond donors (Lipinski definition) is 1. The molecule has 1 aromatic carbocycles. The van der Waals surface area contributed by atoms with Crippen molar-refractivity contribution in [1.82, 2.24) is 5.32 Å². The van der Waals surface area contributed by atoms with E-state index in [4.69, 9.17) is 4.74 Å². The topological polar surface area (TPSA) is 21.3 Å². The smallest absolute Gasteiger partial charge is 0.0918 e. The molecular formula is C18H29NO. The third kappa shape index (κ3) is 3.42. The molecule has 2 rings (SSSR count). The van der Waals surface area contributed by atoms with Gasteiger partial charge in [0.15, 0.2) is 0 Å². The molecule has 0 bridgehead atoms. The van der Waals surface area contributed by atoms with Gasteiger partial charge in [-0.3, -0.25) is 0 Å². The summed E-state index contributed by atoms with van der Waals surface area (Å²) in [5.41, 5.74) is 2.73. The Bertz CT molecular complexity index is 430. The molecule has 112 valence electrons. The van der Waals surface area contributed by atoms with E-state index in [2.05, 4.69) is 64.2 Å². The van der Waals surface area contributed by atoms with Gasteiger partial charge in [0.2, 0.25) is 0 Å². The van der Waals surface area contributed by atoms with Gasteiger partial charge in [-0.15, -0.1) is 0 Å². The summed E-state index contributed by atoms with van der Waals surface area (Å²) in [5, 5.41) is 3.57. The molecule has 1 saturated heterocycles. The minimum absolute atomic E-state index is 0.151. The fraction of sp³-hybridized carbons (Fsp3) is 0.667.